The molecule has 0 aromatic carbocycles. The number of rotatable bonds is 5. The molecule has 0 spiro atoms. The minimum absolute atomic E-state index is 0.234. The highest BCUT2D eigenvalue weighted by atomic mass is 16.3. The lowest BCUT2D eigenvalue weighted by Gasteiger charge is -2.18. The average molecular weight is 160 g/mol. The molecule has 0 rings (SSSR count). The van der Waals surface area contributed by atoms with E-state index < -0.39 is 0 Å². The van der Waals surface area contributed by atoms with Gasteiger partial charge in [0.05, 0.1) is 12.2 Å². The second-order valence-corrected chi connectivity index (χ2v) is 3.34. The van der Waals surface area contributed by atoms with Crippen LogP contribution in [0.5, 0.6) is 0 Å². The molecule has 3 atom stereocenters. The third-order valence-electron chi connectivity index (χ3n) is 2.16. The van der Waals surface area contributed by atoms with Crippen molar-refractivity contribution in [2.45, 2.75) is 52.2 Å². The first-order chi connectivity index (χ1) is 5.07. The van der Waals surface area contributed by atoms with Crippen LogP contribution in [0, 0.1) is 5.92 Å². The predicted molar refractivity (Wildman–Crippen MR) is 46.4 cm³/mol. The van der Waals surface area contributed by atoms with Crippen LogP contribution in [-0.4, -0.2) is 22.4 Å². The zero-order chi connectivity index (χ0) is 8.85. The van der Waals surface area contributed by atoms with E-state index in [1.54, 1.807) is 6.92 Å². The Balaban J connectivity index is 3.52. The molecule has 0 aromatic rings. The summed E-state index contributed by atoms with van der Waals surface area (Å²) in [5, 5.41) is 18.2. The van der Waals surface area contributed by atoms with E-state index in [2.05, 4.69) is 6.92 Å². The predicted octanol–water partition coefficient (Wildman–Crippen LogP) is 1.55. The van der Waals surface area contributed by atoms with Crippen molar-refractivity contribution in [2.24, 2.45) is 5.92 Å². The van der Waals surface area contributed by atoms with Crippen LogP contribution in [0.25, 0.3) is 0 Å². The lowest BCUT2D eigenvalue weighted by atomic mass is 9.94. The lowest BCUT2D eigenvalue weighted by Crippen LogP contribution is -2.17. The molecule has 0 radical (unpaired) electrons. The van der Waals surface area contributed by atoms with Crippen LogP contribution in [0.4, 0.5) is 0 Å². The zero-order valence-electron chi connectivity index (χ0n) is 7.75. The van der Waals surface area contributed by atoms with Crippen molar-refractivity contribution in [1.29, 1.82) is 0 Å². The first-order valence-corrected chi connectivity index (χ1v) is 4.44. The van der Waals surface area contributed by atoms with Crippen molar-refractivity contribution in [2.75, 3.05) is 0 Å². The van der Waals surface area contributed by atoms with Gasteiger partial charge < -0.3 is 10.2 Å². The molecule has 0 saturated carbocycles. The summed E-state index contributed by atoms with van der Waals surface area (Å²) < 4.78 is 0. The largest absolute Gasteiger partial charge is 0.393 e. The van der Waals surface area contributed by atoms with Gasteiger partial charge in [-0.25, -0.2) is 0 Å². The summed E-state index contributed by atoms with van der Waals surface area (Å²) in [7, 11) is 0. The molecule has 0 aliphatic rings. The Hall–Kier alpha value is -0.0800. The number of aliphatic hydroxyl groups excluding tert-OH is 2. The quantitative estimate of drug-likeness (QED) is 0.640. The maximum Gasteiger partial charge on any atom is 0.0540 e. The van der Waals surface area contributed by atoms with Crippen LogP contribution in [0.3, 0.4) is 0 Å². The van der Waals surface area contributed by atoms with Gasteiger partial charge in [-0.15, -0.1) is 0 Å². The molecule has 68 valence electrons. The molecule has 11 heavy (non-hydrogen) atoms. The highest BCUT2D eigenvalue weighted by Gasteiger charge is 2.12. The fourth-order valence-electron chi connectivity index (χ4n) is 1.24. The molecule has 0 heterocycles. The number of hydrogen-bond donors (Lipinski definition) is 2. The molecule has 0 fully saturated rings. The Morgan fingerprint density at radius 1 is 1.09 bits per heavy atom. The molecular weight excluding hydrogens is 140 g/mol. The Morgan fingerprint density at radius 3 is 1.91 bits per heavy atom. The van der Waals surface area contributed by atoms with Crippen molar-refractivity contribution >= 4 is 0 Å². The van der Waals surface area contributed by atoms with Crippen molar-refractivity contribution in [3.63, 3.8) is 0 Å². The van der Waals surface area contributed by atoms with Gasteiger partial charge in [-0.3, -0.25) is 0 Å². The van der Waals surface area contributed by atoms with Crippen LogP contribution in [0.15, 0.2) is 0 Å². The first kappa shape index (κ1) is 10.9. The minimum atomic E-state index is -0.237. The average Bonchev–Trinajstić information content (AvgIpc) is 1.87. The summed E-state index contributed by atoms with van der Waals surface area (Å²) in [5.74, 6) is 0.351. The molecule has 0 amide bonds. The topological polar surface area (TPSA) is 40.5 Å². The van der Waals surface area contributed by atoms with Gasteiger partial charge in [0.1, 0.15) is 0 Å². The SMILES string of the molecule is CCC(CCC(C)O)C(C)O. The van der Waals surface area contributed by atoms with E-state index in [0.29, 0.717) is 5.92 Å². The molecule has 0 saturated heterocycles. The van der Waals surface area contributed by atoms with E-state index in [0.717, 1.165) is 19.3 Å². The highest BCUT2D eigenvalue weighted by molar-refractivity contribution is 4.64. The van der Waals surface area contributed by atoms with E-state index in [1.165, 1.54) is 0 Å². The van der Waals surface area contributed by atoms with E-state index >= 15 is 0 Å². The van der Waals surface area contributed by atoms with E-state index in [4.69, 9.17) is 5.11 Å². The summed E-state index contributed by atoms with van der Waals surface area (Å²) in [6, 6.07) is 0. The lowest BCUT2D eigenvalue weighted by molar-refractivity contribution is 0.100. The maximum absolute atomic E-state index is 9.24. The van der Waals surface area contributed by atoms with Crippen molar-refractivity contribution < 1.29 is 10.2 Å². The van der Waals surface area contributed by atoms with Crippen molar-refractivity contribution in [3.05, 3.63) is 0 Å². The van der Waals surface area contributed by atoms with Gasteiger partial charge in [0.2, 0.25) is 0 Å². The Bertz CT molecular complexity index is 89.6. The Labute approximate surface area is 69.2 Å². The molecule has 0 aromatic heterocycles. The van der Waals surface area contributed by atoms with Crippen LogP contribution in [0.1, 0.15) is 40.0 Å². The smallest absolute Gasteiger partial charge is 0.0540 e. The molecule has 3 unspecified atom stereocenters. The Kier molecular flexibility index (Phi) is 5.51. The molecule has 0 aliphatic heterocycles. The van der Waals surface area contributed by atoms with Crippen molar-refractivity contribution in [1.82, 2.24) is 0 Å². The van der Waals surface area contributed by atoms with Gasteiger partial charge in [0.15, 0.2) is 0 Å². The van der Waals surface area contributed by atoms with Crippen molar-refractivity contribution in [3.8, 4) is 0 Å². The Morgan fingerprint density at radius 2 is 1.64 bits per heavy atom. The van der Waals surface area contributed by atoms with Gasteiger partial charge in [-0.2, -0.15) is 0 Å². The third kappa shape index (κ3) is 5.22. The van der Waals surface area contributed by atoms with Gasteiger partial charge in [0, 0.05) is 0 Å². The first-order valence-electron chi connectivity index (χ1n) is 4.44. The summed E-state index contributed by atoms with van der Waals surface area (Å²) in [4.78, 5) is 0. The molecular formula is C9H20O2. The summed E-state index contributed by atoms with van der Waals surface area (Å²) in [6.45, 7) is 5.67. The van der Waals surface area contributed by atoms with Gasteiger partial charge in [-0.1, -0.05) is 13.3 Å². The van der Waals surface area contributed by atoms with E-state index in [1.807, 2.05) is 6.92 Å². The molecule has 2 N–H and O–H groups in total. The second-order valence-electron chi connectivity index (χ2n) is 3.34. The molecule has 2 nitrogen and oxygen atoms in total. The molecule has 2 heteroatoms. The van der Waals surface area contributed by atoms with Gasteiger partial charge >= 0.3 is 0 Å². The fraction of sp³-hybridized carbons (Fsp3) is 1.00. The normalized spacial score (nSPS) is 19.4. The summed E-state index contributed by atoms with van der Waals surface area (Å²) in [6.07, 6.45) is 2.24. The third-order valence-corrected chi connectivity index (χ3v) is 2.16. The van der Waals surface area contributed by atoms with Gasteiger partial charge in [-0.05, 0) is 32.6 Å². The monoisotopic (exact) mass is 160 g/mol. The van der Waals surface area contributed by atoms with E-state index in [-0.39, 0.29) is 12.2 Å². The fourth-order valence-corrected chi connectivity index (χ4v) is 1.24. The van der Waals surface area contributed by atoms with Crippen LogP contribution in [0.2, 0.25) is 0 Å². The number of aliphatic hydroxyl groups is 2. The molecule has 0 aliphatic carbocycles. The minimum Gasteiger partial charge on any atom is -0.393 e. The van der Waals surface area contributed by atoms with Crippen LogP contribution < -0.4 is 0 Å². The summed E-state index contributed by atoms with van der Waals surface area (Å²) >= 11 is 0. The van der Waals surface area contributed by atoms with Gasteiger partial charge in [0.25, 0.3) is 0 Å². The maximum atomic E-state index is 9.24. The second kappa shape index (κ2) is 5.56. The molecule has 0 bridgehead atoms. The van der Waals surface area contributed by atoms with Crippen LogP contribution >= 0.6 is 0 Å². The van der Waals surface area contributed by atoms with Crippen LogP contribution in [-0.2, 0) is 0 Å². The zero-order valence-corrected chi connectivity index (χ0v) is 7.75. The summed E-state index contributed by atoms with van der Waals surface area (Å²) in [5.41, 5.74) is 0. The van der Waals surface area contributed by atoms with E-state index in [9.17, 15) is 5.11 Å². The highest BCUT2D eigenvalue weighted by Crippen LogP contribution is 2.16. The standard InChI is InChI=1S/C9H20O2/c1-4-9(8(3)11)6-5-7(2)10/h7-11H,4-6H2,1-3H3. The number of hydrogen-bond acceptors (Lipinski definition) is 2.